The van der Waals surface area contributed by atoms with Crippen LogP contribution in [0.15, 0.2) is 44.6 Å². The first-order valence-electron chi connectivity index (χ1n) is 8.34. The Morgan fingerprint density at radius 2 is 0.640 bits per heavy atom. The summed E-state index contributed by atoms with van der Waals surface area (Å²) in [6.45, 7) is 20.8. The quantitative estimate of drug-likeness (QED) is 0.295. The van der Waals surface area contributed by atoms with Crippen LogP contribution in [-0.2, 0) is 8.83 Å². The number of halogens is 4. The van der Waals surface area contributed by atoms with Crippen molar-refractivity contribution in [2.24, 2.45) is 0 Å². The van der Waals surface area contributed by atoms with Crippen LogP contribution >= 0.6 is 38.3 Å². The van der Waals surface area contributed by atoms with Crippen LogP contribution in [0, 0.1) is 0 Å². The first-order valence-corrected chi connectivity index (χ1v) is 22.6. The Bertz CT molecular complexity index is 715. The minimum atomic E-state index is -5.88. The summed E-state index contributed by atoms with van der Waals surface area (Å²) in [7, 11) is 24.2. The van der Waals surface area contributed by atoms with E-state index < -0.39 is 16.7 Å². The molecule has 0 N–H and O–H groups in total. The van der Waals surface area contributed by atoms with E-state index in [1.807, 2.05) is 0 Å². The van der Waals surface area contributed by atoms with Gasteiger partial charge in [0, 0.05) is 0 Å². The predicted octanol–water partition coefficient (Wildman–Crippen LogP) is 9.56. The average Bonchev–Trinajstić information content (AvgIpc) is 2.75. The van der Waals surface area contributed by atoms with Gasteiger partial charge in [-0.2, -0.15) is 0 Å². The van der Waals surface area contributed by atoms with Crippen molar-refractivity contribution in [1.82, 2.24) is 0 Å². The Morgan fingerprint density at radius 3 is 0.800 bits per heavy atom. The first-order chi connectivity index (χ1) is 10.8. The molecule has 0 saturated heterocycles. The van der Waals surface area contributed by atoms with Gasteiger partial charge in [-0.1, -0.05) is 0 Å². The summed E-state index contributed by atoms with van der Waals surface area (Å²) < 4.78 is -1.55. The maximum absolute atomic E-state index is 7.53. The monoisotopic (exact) mass is 603 g/mol. The molecule has 0 unspecified atom stereocenters. The van der Waals surface area contributed by atoms with Gasteiger partial charge in [-0.25, -0.2) is 0 Å². The molecule has 25 heavy (non-hydrogen) atoms. The topological polar surface area (TPSA) is 0 Å². The van der Waals surface area contributed by atoms with Crippen LogP contribution in [0.2, 0.25) is 7.86 Å². The molecule has 0 saturated carbocycles. The molecule has 0 bridgehead atoms. The number of hydrogen-bond donors (Lipinski definition) is 0. The van der Waals surface area contributed by atoms with Crippen molar-refractivity contribution < 1.29 is 8.83 Å². The summed E-state index contributed by atoms with van der Waals surface area (Å²) in [5.41, 5.74) is 9.12. The molecular formula is C20H30Cl4Ir. The summed E-state index contributed by atoms with van der Waals surface area (Å²) in [4.78, 5) is 0. The summed E-state index contributed by atoms with van der Waals surface area (Å²) in [6.07, 6.45) is 0. The van der Waals surface area contributed by atoms with Gasteiger partial charge in [-0.15, -0.1) is 0 Å². The first kappa shape index (κ1) is 22.1. The molecule has 2 rings (SSSR count). The Balaban J connectivity index is 3.07. The second-order valence-electron chi connectivity index (χ2n) is 7.79. The van der Waals surface area contributed by atoms with Crippen LogP contribution < -0.4 is 0 Å². The fourth-order valence-corrected chi connectivity index (χ4v) is 28.2. The Morgan fingerprint density at radius 1 is 0.480 bits per heavy atom. The van der Waals surface area contributed by atoms with Gasteiger partial charge in [-0.3, -0.25) is 0 Å². The third-order valence-electron chi connectivity index (χ3n) is 7.47. The fourth-order valence-electron chi connectivity index (χ4n) is 4.40. The van der Waals surface area contributed by atoms with Crippen molar-refractivity contribution in [2.75, 3.05) is 0 Å². The van der Waals surface area contributed by atoms with E-state index >= 15 is 0 Å². The molecule has 0 atom stereocenters. The van der Waals surface area contributed by atoms with Crippen molar-refractivity contribution >= 4 is 38.3 Å². The van der Waals surface area contributed by atoms with E-state index in [2.05, 4.69) is 69.2 Å². The molecule has 2 aliphatic rings. The van der Waals surface area contributed by atoms with E-state index in [0.717, 1.165) is 22.3 Å². The number of allylic oxidation sites excluding steroid dienone is 8. The minimum absolute atomic E-state index is 0.775. The average molecular weight is 604 g/mol. The van der Waals surface area contributed by atoms with Gasteiger partial charge in [-0.05, 0) is 0 Å². The molecule has 0 aromatic rings. The molecule has 0 fully saturated rings. The van der Waals surface area contributed by atoms with Crippen LogP contribution in [0.1, 0.15) is 69.2 Å². The molecule has 0 aliphatic heterocycles. The molecule has 0 nitrogen and oxygen atoms in total. The van der Waals surface area contributed by atoms with Gasteiger partial charge < -0.3 is 0 Å². The van der Waals surface area contributed by atoms with Crippen LogP contribution in [0.4, 0.5) is 0 Å². The van der Waals surface area contributed by atoms with Gasteiger partial charge in [0.1, 0.15) is 0 Å². The van der Waals surface area contributed by atoms with Crippen molar-refractivity contribution in [1.29, 1.82) is 0 Å². The van der Waals surface area contributed by atoms with Crippen molar-refractivity contribution in [3.8, 4) is 0 Å². The second kappa shape index (κ2) is 5.22. The zero-order chi connectivity index (χ0) is 20.0. The molecule has 0 amide bonds. The molecular weight excluding hydrogens is 574 g/mol. The molecule has 0 heterocycles. The van der Waals surface area contributed by atoms with Gasteiger partial charge in [0.2, 0.25) is 0 Å². The number of rotatable bonds is 2. The fraction of sp³-hybridized carbons (Fsp3) is 0.600. The van der Waals surface area contributed by atoms with E-state index in [4.69, 9.17) is 38.3 Å². The van der Waals surface area contributed by atoms with Crippen molar-refractivity contribution in [3.05, 3.63) is 44.6 Å². The molecule has 0 radical (unpaired) electrons. The predicted molar refractivity (Wildman–Crippen MR) is 114 cm³/mol. The van der Waals surface area contributed by atoms with E-state index in [9.17, 15) is 0 Å². The molecule has 2 aliphatic carbocycles. The standard InChI is InChI=1S/2C10H15.4ClH.Ir/c2*1-6-7(2)9(4)10(5)8(6)3;;;;;/h2*1-5H3;4*1H;/q;;;;;;+4/p-4. The SMILES string of the molecule is CC1=C(C)[C](C)([Ir]([Cl])([Cl])([Cl])([Cl])[C]2(C)C(C)=C(C)C(C)=C2C)C(C)=C1C. The van der Waals surface area contributed by atoms with Crippen LogP contribution in [0.25, 0.3) is 0 Å². The summed E-state index contributed by atoms with van der Waals surface area (Å²) in [5.74, 6) is 0. The molecule has 0 aromatic heterocycles. The summed E-state index contributed by atoms with van der Waals surface area (Å²) >= 11 is 0. The second-order valence-corrected chi connectivity index (χ2v) is 45.8. The van der Waals surface area contributed by atoms with E-state index in [1.165, 1.54) is 22.3 Å². The third kappa shape index (κ3) is 2.07. The van der Waals surface area contributed by atoms with Crippen LogP contribution in [-0.4, -0.2) is 0 Å². The van der Waals surface area contributed by atoms with E-state index in [-0.39, 0.29) is 0 Å². The van der Waals surface area contributed by atoms with Gasteiger partial charge in [0.15, 0.2) is 0 Å². The summed E-state index contributed by atoms with van der Waals surface area (Å²) in [6, 6.07) is 0. The Kier molecular flexibility index (Phi) is 4.61. The molecule has 0 aromatic carbocycles. The van der Waals surface area contributed by atoms with E-state index in [0.29, 0.717) is 0 Å². The Labute approximate surface area is 167 Å². The summed E-state index contributed by atoms with van der Waals surface area (Å²) in [5, 5.41) is 0. The molecule has 147 valence electrons. The zero-order valence-electron chi connectivity index (χ0n) is 16.8. The van der Waals surface area contributed by atoms with Crippen LogP contribution in [0.5, 0.6) is 0 Å². The van der Waals surface area contributed by atoms with Crippen molar-refractivity contribution in [2.45, 2.75) is 77.1 Å². The number of hydrogen-bond acceptors (Lipinski definition) is 0. The maximum atomic E-state index is 7.53. The van der Waals surface area contributed by atoms with Gasteiger partial charge >= 0.3 is 169 Å². The Hall–Kier alpha value is 0.769. The molecule has 5 heteroatoms. The van der Waals surface area contributed by atoms with E-state index in [1.54, 1.807) is 0 Å². The van der Waals surface area contributed by atoms with Gasteiger partial charge in [0.25, 0.3) is 0 Å². The van der Waals surface area contributed by atoms with Gasteiger partial charge in [0.05, 0.1) is 0 Å². The normalized spacial score (nSPS) is 26.6. The van der Waals surface area contributed by atoms with Crippen LogP contribution in [0.3, 0.4) is 0 Å². The van der Waals surface area contributed by atoms with Crippen molar-refractivity contribution in [3.63, 3.8) is 0 Å². The zero-order valence-corrected chi connectivity index (χ0v) is 22.3. The third-order valence-corrected chi connectivity index (χ3v) is 37.2. The molecule has 0 spiro atoms.